The van der Waals surface area contributed by atoms with E-state index in [0.29, 0.717) is 60.6 Å². The number of imidazole rings is 1. The number of aromatic nitrogens is 4. The number of ether oxygens (including phenoxy) is 2. The van der Waals surface area contributed by atoms with Crippen LogP contribution in [0.2, 0.25) is 0 Å². The van der Waals surface area contributed by atoms with Crippen molar-refractivity contribution in [1.29, 1.82) is 0 Å². The van der Waals surface area contributed by atoms with E-state index in [9.17, 15) is 9.18 Å². The predicted octanol–water partition coefficient (Wildman–Crippen LogP) is 5.83. The second-order valence-corrected chi connectivity index (χ2v) is 10.8. The molecule has 43 heavy (non-hydrogen) atoms. The smallest absolute Gasteiger partial charge is 0.227 e. The Bertz CT molecular complexity index is 1670. The number of nitrogens with one attached hydrogen (secondary N) is 3. The van der Waals surface area contributed by atoms with Crippen LogP contribution in [0.5, 0.6) is 0 Å². The summed E-state index contributed by atoms with van der Waals surface area (Å²) >= 11 is 0. The van der Waals surface area contributed by atoms with Gasteiger partial charge in [0.1, 0.15) is 5.82 Å². The lowest BCUT2D eigenvalue weighted by atomic mass is 9.92. The molecule has 3 N–H and O–H groups in total. The largest absolute Gasteiger partial charge is 0.355 e. The SMILES string of the molecule is CC1(CNC(=O)Cc2ccccc2)COC(c2nc(-c3ccc(F)cc3)c(-c3ccnc(Nc4ccccc4)n3)[nH]2)OC1. The first-order valence-electron chi connectivity index (χ1n) is 14.0. The summed E-state index contributed by atoms with van der Waals surface area (Å²) < 4.78 is 26.0. The quantitative estimate of drug-likeness (QED) is 0.202. The summed E-state index contributed by atoms with van der Waals surface area (Å²) in [4.78, 5) is 29.7. The first-order valence-corrected chi connectivity index (χ1v) is 14.0. The van der Waals surface area contributed by atoms with Crippen molar-refractivity contribution in [3.63, 3.8) is 0 Å². The number of hydrogen-bond acceptors (Lipinski definition) is 7. The maximum absolute atomic E-state index is 13.8. The Hall–Kier alpha value is -4.93. The van der Waals surface area contributed by atoms with Crippen LogP contribution in [0.3, 0.4) is 0 Å². The Labute approximate surface area is 248 Å². The second kappa shape index (κ2) is 12.5. The predicted molar refractivity (Wildman–Crippen MR) is 161 cm³/mol. The molecular formula is C33H31FN6O3. The summed E-state index contributed by atoms with van der Waals surface area (Å²) in [6, 6.07) is 27.1. The molecular weight excluding hydrogens is 547 g/mol. The zero-order valence-electron chi connectivity index (χ0n) is 23.6. The van der Waals surface area contributed by atoms with Crippen LogP contribution in [0, 0.1) is 11.2 Å². The fourth-order valence-electron chi connectivity index (χ4n) is 4.77. The number of para-hydroxylation sites is 1. The molecule has 0 aliphatic carbocycles. The average Bonchev–Trinajstić information content (AvgIpc) is 3.48. The van der Waals surface area contributed by atoms with Crippen LogP contribution < -0.4 is 10.6 Å². The van der Waals surface area contributed by atoms with Crippen molar-refractivity contribution in [2.24, 2.45) is 5.41 Å². The first-order chi connectivity index (χ1) is 20.9. The van der Waals surface area contributed by atoms with E-state index in [1.165, 1.54) is 12.1 Å². The number of carbonyl (C=O) groups is 1. The number of anilines is 2. The molecule has 218 valence electrons. The van der Waals surface area contributed by atoms with Crippen molar-refractivity contribution in [1.82, 2.24) is 25.3 Å². The molecule has 5 aromatic rings. The van der Waals surface area contributed by atoms with Crippen molar-refractivity contribution in [3.8, 4) is 22.6 Å². The highest BCUT2D eigenvalue weighted by molar-refractivity contribution is 5.78. The van der Waals surface area contributed by atoms with Gasteiger partial charge in [0, 0.05) is 29.4 Å². The number of nitrogens with zero attached hydrogens (tertiary/aromatic N) is 3. The second-order valence-electron chi connectivity index (χ2n) is 10.8. The Morgan fingerprint density at radius 1 is 0.953 bits per heavy atom. The third kappa shape index (κ3) is 6.94. The number of rotatable bonds is 9. The van der Waals surface area contributed by atoms with Crippen molar-refractivity contribution < 1.29 is 18.7 Å². The molecule has 1 aliphatic heterocycles. The Balaban J connectivity index is 1.18. The van der Waals surface area contributed by atoms with Crippen LogP contribution >= 0.6 is 0 Å². The number of H-pyrrole nitrogens is 1. The molecule has 0 unspecified atom stereocenters. The Morgan fingerprint density at radius 2 is 1.65 bits per heavy atom. The normalized spacial score (nSPS) is 18.2. The van der Waals surface area contributed by atoms with Crippen LogP contribution in [0.25, 0.3) is 22.6 Å². The highest BCUT2D eigenvalue weighted by Crippen LogP contribution is 2.35. The van der Waals surface area contributed by atoms with Crippen LogP contribution in [-0.2, 0) is 20.7 Å². The molecule has 3 aromatic carbocycles. The van der Waals surface area contributed by atoms with Crippen LogP contribution in [-0.4, -0.2) is 45.6 Å². The molecule has 0 spiro atoms. The number of aromatic amines is 1. The highest BCUT2D eigenvalue weighted by atomic mass is 19.1. The van der Waals surface area contributed by atoms with Gasteiger partial charge in [-0.25, -0.2) is 19.3 Å². The van der Waals surface area contributed by atoms with Crippen LogP contribution in [0.4, 0.5) is 16.0 Å². The molecule has 1 fully saturated rings. The van der Waals surface area contributed by atoms with Crippen LogP contribution in [0.1, 0.15) is 24.6 Å². The minimum absolute atomic E-state index is 0.0554. The number of benzene rings is 3. The molecule has 0 atom stereocenters. The summed E-state index contributed by atoms with van der Waals surface area (Å²) in [6.07, 6.45) is 1.21. The van der Waals surface area contributed by atoms with Gasteiger partial charge >= 0.3 is 0 Å². The standard InChI is InChI=1S/C33H31FN6O3/c1-33(19-36-27(41)18-22-8-4-2-5-9-22)20-42-31(43-21-33)30-39-28(23-12-14-24(34)15-13-23)29(40-30)26-16-17-35-32(38-26)37-25-10-6-3-7-11-25/h2-17,31H,18-21H2,1H3,(H,36,41)(H,39,40)(H,35,37,38). The van der Waals surface area contributed by atoms with E-state index in [0.717, 1.165) is 11.3 Å². The molecule has 3 heterocycles. The third-order valence-corrected chi connectivity index (χ3v) is 7.09. The molecule has 10 heteroatoms. The van der Waals surface area contributed by atoms with Gasteiger partial charge in [0.05, 0.1) is 36.7 Å². The molecule has 1 aliphatic rings. The molecule has 1 saturated heterocycles. The van der Waals surface area contributed by atoms with Crippen molar-refractivity contribution in [3.05, 3.63) is 114 Å². The fraction of sp³-hybridized carbons (Fsp3) is 0.212. The minimum atomic E-state index is -0.759. The van der Waals surface area contributed by atoms with Crippen molar-refractivity contribution in [2.75, 3.05) is 25.1 Å². The summed E-state index contributed by atoms with van der Waals surface area (Å²) in [5.74, 6) is 0.479. The maximum Gasteiger partial charge on any atom is 0.227 e. The monoisotopic (exact) mass is 578 g/mol. The number of halogens is 1. The van der Waals surface area contributed by atoms with E-state index in [4.69, 9.17) is 19.4 Å². The van der Waals surface area contributed by atoms with Gasteiger partial charge in [-0.1, -0.05) is 55.5 Å². The lowest BCUT2D eigenvalue weighted by Gasteiger charge is -2.36. The minimum Gasteiger partial charge on any atom is -0.355 e. The first kappa shape index (κ1) is 28.2. The lowest BCUT2D eigenvalue weighted by Crippen LogP contribution is -2.45. The van der Waals surface area contributed by atoms with Crippen molar-refractivity contribution >= 4 is 17.5 Å². The van der Waals surface area contributed by atoms with Gasteiger partial charge in [-0.3, -0.25) is 4.79 Å². The van der Waals surface area contributed by atoms with Gasteiger partial charge in [-0.15, -0.1) is 0 Å². The van der Waals surface area contributed by atoms with Crippen molar-refractivity contribution in [2.45, 2.75) is 19.6 Å². The van der Waals surface area contributed by atoms with E-state index < -0.39 is 11.7 Å². The van der Waals surface area contributed by atoms with E-state index in [-0.39, 0.29) is 11.7 Å². The number of carbonyl (C=O) groups excluding carboxylic acids is 1. The zero-order chi connectivity index (χ0) is 29.6. The van der Waals surface area contributed by atoms with Gasteiger partial charge in [0.15, 0.2) is 5.82 Å². The van der Waals surface area contributed by atoms with Gasteiger partial charge in [-0.2, -0.15) is 0 Å². The molecule has 0 bridgehead atoms. The van der Waals surface area contributed by atoms with Gasteiger partial charge in [0.25, 0.3) is 0 Å². The topological polar surface area (TPSA) is 114 Å². The summed E-state index contributed by atoms with van der Waals surface area (Å²) in [7, 11) is 0. The molecule has 0 saturated carbocycles. The number of amides is 1. The lowest BCUT2D eigenvalue weighted by molar-refractivity contribution is -0.232. The molecule has 0 radical (unpaired) electrons. The van der Waals surface area contributed by atoms with Gasteiger partial charge in [-0.05, 0) is 48.0 Å². The molecule has 1 amide bonds. The average molecular weight is 579 g/mol. The van der Waals surface area contributed by atoms with E-state index in [2.05, 4.69) is 20.6 Å². The molecule has 9 nitrogen and oxygen atoms in total. The maximum atomic E-state index is 13.8. The van der Waals surface area contributed by atoms with E-state index in [1.807, 2.05) is 67.6 Å². The fourth-order valence-corrected chi connectivity index (χ4v) is 4.77. The van der Waals surface area contributed by atoms with Gasteiger partial charge < -0.3 is 25.1 Å². The third-order valence-electron chi connectivity index (χ3n) is 7.09. The van der Waals surface area contributed by atoms with E-state index in [1.54, 1.807) is 24.4 Å². The van der Waals surface area contributed by atoms with Crippen LogP contribution in [0.15, 0.2) is 97.2 Å². The molecule has 2 aromatic heterocycles. The summed E-state index contributed by atoms with van der Waals surface area (Å²) in [6.45, 7) is 3.12. The summed E-state index contributed by atoms with van der Waals surface area (Å²) in [5.41, 5.74) is 3.89. The molecule has 6 rings (SSSR count). The van der Waals surface area contributed by atoms with E-state index >= 15 is 0 Å². The Morgan fingerprint density at radius 3 is 2.37 bits per heavy atom. The highest BCUT2D eigenvalue weighted by Gasteiger charge is 2.35. The van der Waals surface area contributed by atoms with Gasteiger partial charge in [0.2, 0.25) is 18.1 Å². The zero-order valence-corrected chi connectivity index (χ0v) is 23.6. The number of hydrogen-bond donors (Lipinski definition) is 3. The Kier molecular flexibility index (Phi) is 8.21. The summed E-state index contributed by atoms with van der Waals surface area (Å²) in [5, 5.41) is 6.21.